The summed E-state index contributed by atoms with van der Waals surface area (Å²) in [7, 11) is 0. The molecule has 4 heterocycles. The third-order valence-corrected chi connectivity index (χ3v) is 20.0. The van der Waals surface area contributed by atoms with Crippen LogP contribution in [0.2, 0.25) is 0 Å². The number of aromatic nitrogens is 4. The lowest BCUT2D eigenvalue weighted by Gasteiger charge is -2.33. The van der Waals surface area contributed by atoms with Gasteiger partial charge < -0.3 is 20.4 Å². The van der Waals surface area contributed by atoms with E-state index in [1.54, 1.807) is 18.7 Å². The van der Waals surface area contributed by atoms with E-state index in [9.17, 15) is 62.3 Å². The topological polar surface area (TPSA) is 304 Å². The maximum absolute atomic E-state index is 14.2. The van der Waals surface area contributed by atoms with Crippen molar-refractivity contribution in [3.05, 3.63) is 48.6 Å². The highest BCUT2D eigenvalue weighted by Gasteiger charge is 2.55. The molecule has 21 nitrogen and oxygen atoms in total. The lowest BCUT2D eigenvalue weighted by Crippen LogP contribution is -2.56. The summed E-state index contributed by atoms with van der Waals surface area (Å²) in [5, 5.41) is 5.82. The largest absolute Gasteiger partial charge is 0.344 e. The summed E-state index contributed by atoms with van der Waals surface area (Å²) < 4.78 is 0. The lowest BCUT2D eigenvalue weighted by molar-refractivity contribution is -0.145. The van der Waals surface area contributed by atoms with Crippen molar-refractivity contribution in [3.63, 3.8) is 0 Å². The molecule has 496 valence electrons. The van der Waals surface area contributed by atoms with Crippen LogP contribution in [0.25, 0.3) is 0 Å². The molecule has 6 aliphatic rings. The molecule has 8 rings (SSSR count). The van der Waals surface area contributed by atoms with Gasteiger partial charge in [-0.3, -0.25) is 72.3 Å². The minimum Gasteiger partial charge on any atom is -0.344 e. The summed E-state index contributed by atoms with van der Waals surface area (Å²) in [6, 6.07) is -3.47. The molecule has 6 fully saturated rings. The number of nitrogens with one attached hydrogen (secondary N) is 2. The van der Waals surface area contributed by atoms with Crippen molar-refractivity contribution in [3.8, 4) is 0 Å². The van der Waals surface area contributed by atoms with Crippen LogP contribution in [0.4, 0.5) is 0 Å². The molecule has 91 heavy (non-hydrogen) atoms. The van der Waals surface area contributed by atoms with Gasteiger partial charge in [0.1, 0.15) is 29.3 Å². The average Bonchev–Trinajstić information content (AvgIpc) is 1.64. The first kappa shape index (κ1) is 71.5. The first-order chi connectivity index (χ1) is 43.3. The quantitative estimate of drug-likeness (QED) is 0.0495. The Balaban J connectivity index is 0.000000259. The van der Waals surface area contributed by atoms with Gasteiger partial charge in [-0.25, -0.2) is 9.97 Å². The van der Waals surface area contributed by atoms with Crippen molar-refractivity contribution in [1.82, 2.24) is 40.4 Å². The smallest absolute Gasteiger partial charge is 0.246 e. The van der Waals surface area contributed by atoms with E-state index in [2.05, 4.69) is 30.6 Å². The maximum atomic E-state index is 14.2. The van der Waals surface area contributed by atoms with E-state index >= 15 is 0 Å². The second kappa shape index (κ2) is 32.6. The van der Waals surface area contributed by atoms with Gasteiger partial charge in [0.15, 0.2) is 34.7 Å². The molecule has 2 aliphatic heterocycles. The molecular formula is C70H98N8O13. The average molecular weight is 1260 g/mol. The van der Waals surface area contributed by atoms with E-state index in [0.717, 1.165) is 44.9 Å². The third-order valence-electron chi connectivity index (χ3n) is 20.0. The zero-order valence-electron chi connectivity index (χ0n) is 55.2. The summed E-state index contributed by atoms with van der Waals surface area (Å²) in [6.07, 6.45) is 18.1. The Morgan fingerprint density at radius 1 is 0.516 bits per heavy atom. The van der Waals surface area contributed by atoms with Crippen LogP contribution in [0.3, 0.4) is 0 Å². The SMILES string of the molecule is CCCC(CC(=O)[C@@H]1[C@H]2CCC(=O)[C@H]2CN1C(=O)[C@@H](NC(=O)[C@H](CC(=O)c1cnccn1)C(C)C)C(C)C)C(=O)C(=O)CC1CC1.CCCC(CC(=O)[C@@H]1[C@H]2CCC[C@H]2CN1C(=O)[C@@H](NC(=O)[C@H](CC(=O)c1cnccn1)C(C)C)C(C)C)C(=O)C(=O)CC1CC1. The Bertz CT molecular complexity index is 3000. The maximum Gasteiger partial charge on any atom is 0.246 e. The molecule has 0 spiro atoms. The molecule has 0 aromatic carbocycles. The van der Waals surface area contributed by atoms with Gasteiger partial charge >= 0.3 is 0 Å². The number of hydrogen-bond acceptors (Lipinski definition) is 17. The first-order valence-corrected chi connectivity index (χ1v) is 33.8. The predicted octanol–water partition coefficient (Wildman–Crippen LogP) is 7.99. The van der Waals surface area contributed by atoms with Crippen LogP contribution >= 0.6 is 0 Å². The molecule has 4 saturated carbocycles. The highest BCUT2D eigenvalue weighted by atomic mass is 16.2. The second-order valence-electron chi connectivity index (χ2n) is 28.3. The minimum atomic E-state index is -1.00. The van der Waals surface area contributed by atoms with Crippen LogP contribution in [0.1, 0.15) is 212 Å². The molecule has 2 N–H and O–H groups in total. The van der Waals surface area contributed by atoms with Gasteiger partial charge in [0.2, 0.25) is 35.2 Å². The Labute approximate surface area is 536 Å². The van der Waals surface area contributed by atoms with E-state index in [-0.39, 0.29) is 150 Å². The summed E-state index contributed by atoms with van der Waals surface area (Å²) in [4.78, 5) is 193. The Kier molecular flexibility index (Phi) is 25.6. The Morgan fingerprint density at radius 3 is 1.33 bits per heavy atom. The number of fused-ring (bicyclic) bond motifs is 2. The molecule has 12 atom stereocenters. The van der Waals surface area contributed by atoms with Crippen LogP contribution in [-0.2, 0) is 52.7 Å². The molecule has 0 bridgehead atoms. The Morgan fingerprint density at radius 2 is 0.945 bits per heavy atom. The summed E-state index contributed by atoms with van der Waals surface area (Å²) in [6.45, 7) is 19.0. The van der Waals surface area contributed by atoms with Crippen LogP contribution in [0.5, 0.6) is 0 Å². The third kappa shape index (κ3) is 18.4. The fourth-order valence-electron chi connectivity index (χ4n) is 14.3. The standard InChI is InChI=1S/C35H48N4O7.C35H50N4O6/c1-6-7-22(33(44)30(43)14-21-8-9-21)15-29(42)32-23-10-11-27(40)25(23)18-39(32)35(46)31(20(4)5)38-34(45)24(19(2)3)16-28(41)26-17-36-12-13-37-26;1-6-8-23(33(43)30(42)15-22-11-12-22)16-29(41)32-25-10-7-9-24(25)19-39(32)35(45)31(21(4)5)38-34(44)26(20(2)3)17-28(40)27-18-36-13-14-37-27/h12-13,17,19-25,31-32H,6-11,14-16,18H2,1-5H3,(H,38,45);13-14,18,20-26,31-32H,6-12,15-17,19H2,1-5H3,(H,38,44)/t22?,23-,24+,25-,31-,32-;23?,24-,25-,26+,31-,32-/m00/s1. The molecule has 2 unspecified atom stereocenters. The number of carbonyl (C=O) groups is 13. The van der Waals surface area contributed by atoms with Crippen molar-refractivity contribution in [2.45, 2.75) is 215 Å². The molecule has 2 aromatic rings. The summed E-state index contributed by atoms with van der Waals surface area (Å²) >= 11 is 0. The molecule has 4 aliphatic carbocycles. The highest BCUT2D eigenvalue weighted by molar-refractivity contribution is 6.39. The molecule has 0 radical (unpaired) electrons. The summed E-state index contributed by atoms with van der Waals surface area (Å²) in [5.41, 5.74) is 0.340. The van der Waals surface area contributed by atoms with Crippen molar-refractivity contribution >= 4 is 75.7 Å². The van der Waals surface area contributed by atoms with Crippen LogP contribution in [0.15, 0.2) is 37.2 Å². The Hall–Kier alpha value is -6.93. The lowest BCUT2D eigenvalue weighted by atomic mass is 9.83. The van der Waals surface area contributed by atoms with Crippen molar-refractivity contribution in [2.24, 2.45) is 82.9 Å². The highest BCUT2D eigenvalue weighted by Crippen LogP contribution is 2.45. The second-order valence-corrected chi connectivity index (χ2v) is 28.3. The van der Waals surface area contributed by atoms with Gasteiger partial charge in [-0.1, -0.05) is 88.5 Å². The molecule has 2 saturated heterocycles. The van der Waals surface area contributed by atoms with Crippen LogP contribution in [0, 0.1) is 82.9 Å². The number of amides is 4. The van der Waals surface area contributed by atoms with E-state index in [1.807, 2.05) is 55.4 Å². The van der Waals surface area contributed by atoms with Crippen LogP contribution < -0.4 is 10.6 Å². The number of hydrogen-bond donors (Lipinski definition) is 2. The molecule has 4 amide bonds. The van der Waals surface area contributed by atoms with E-state index in [0.29, 0.717) is 51.0 Å². The van der Waals surface area contributed by atoms with Gasteiger partial charge in [0.25, 0.3) is 0 Å². The van der Waals surface area contributed by atoms with Crippen molar-refractivity contribution in [1.29, 1.82) is 0 Å². The van der Waals surface area contributed by atoms with Gasteiger partial charge in [-0.2, -0.15) is 0 Å². The predicted molar refractivity (Wildman–Crippen MR) is 336 cm³/mol. The normalized spacial score (nSPS) is 22.9. The van der Waals surface area contributed by atoms with Gasteiger partial charge in [0, 0.05) is 112 Å². The summed E-state index contributed by atoms with van der Waals surface area (Å²) in [5.74, 6) is -8.44. The van der Waals surface area contributed by atoms with Gasteiger partial charge in [-0.15, -0.1) is 0 Å². The van der Waals surface area contributed by atoms with Crippen LogP contribution in [-0.4, -0.2) is 143 Å². The van der Waals surface area contributed by atoms with Gasteiger partial charge in [0.05, 0.1) is 24.5 Å². The van der Waals surface area contributed by atoms with Crippen molar-refractivity contribution < 1.29 is 62.3 Å². The zero-order valence-corrected chi connectivity index (χ0v) is 55.2. The first-order valence-electron chi connectivity index (χ1n) is 33.8. The van der Waals surface area contributed by atoms with E-state index < -0.39 is 82.9 Å². The number of carbonyl (C=O) groups excluding carboxylic acids is 13. The molecule has 2 aromatic heterocycles. The molecule has 21 heteroatoms. The zero-order chi connectivity index (χ0) is 66.5. The fraction of sp³-hybridized carbons (Fsp3) is 0.700. The number of nitrogens with zero attached hydrogens (tertiary/aromatic N) is 6. The van der Waals surface area contributed by atoms with E-state index in [1.165, 1.54) is 42.1 Å². The minimum absolute atomic E-state index is 0.00595. The number of rotatable bonds is 34. The monoisotopic (exact) mass is 1260 g/mol. The number of ketones is 9. The van der Waals surface area contributed by atoms with Gasteiger partial charge in [-0.05, 0) is 111 Å². The van der Waals surface area contributed by atoms with Crippen molar-refractivity contribution in [2.75, 3.05) is 13.1 Å². The number of Topliss-reactive ketones (excluding diaryl/α,β-unsaturated/α-hetero) is 9. The fourth-order valence-corrected chi connectivity index (χ4v) is 14.3. The van der Waals surface area contributed by atoms with E-state index in [4.69, 9.17) is 0 Å². The number of likely N-dealkylation sites (tertiary alicyclic amines) is 2. The molecular weight excluding hydrogens is 1160 g/mol.